The number of hydrogen-bond acceptors (Lipinski definition) is 3. The quantitative estimate of drug-likeness (QED) is 0.397. The molecule has 0 radical (unpaired) electrons. The first-order chi connectivity index (χ1) is 15.7. The van der Waals surface area contributed by atoms with Crippen molar-refractivity contribution in [2.75, 3.05) is 0 Å². The summed E-state index contributed by atoms with van der Waals surface area (Å²) in [5.74, 6) is 0.215. The predicted octanol–water partition coefficient (Wildman–Crippen LogP) is 6.55. The van der Waals surface area contributed by atoms with Crippen LogP contribution in [0.4, 0.5) is 0 Å². The normalized spacial score (nSPS) is 13.0. The number of benzene rings is 3. The Morgan fingerprint density at radius 2 is 1.73 bits per heavy atom. The molecule has 1 N–H and O–H groups in total. The summed E-state index contributed by atoms with van der Waals surface area (Å²) in [6.07, 6.45) is 0.670. The van der Waals surface area contributed by atoms with Gasteiger partial charge in [-0.05, 0) is 80.8 Å². The van der Waals surface area contributed by atoms with Gasteiger partial charge in [0.2, 0.25) is 0 Å². The highest BCUT2D eigenvalue weighted by Gasteiger charge is 2.33. The number of hydrogen-bond donors (Lipinski definition) is 1. The number of carbonyl (C=O) groups is 1. The monoisotopic (exact) mass is 480 g/mol. The van der Waals surface area contributed by atoms with E-state index >= 15 is 0 Å². The average Bonchev–Trinajstić information content (AvgIpc) is 2.78. The minimum atomic E-state index is -1.11. The first kappa shape index (κ1) is 24.6. The van der Waals surface area contributed by atoms with Crippen LogP contribution in [0.15, 0.2) is 72.8 Å². The van der Waals surface area contributed by atoms with Crippen molar-refractivity contribution in [3.63, 3.8) is 0 Å². The second kappa shape index (κ2) is 10.7. The predicted molar refractivity (Wildman–Crippen MR) is 133 cm³/mol. The van der Waals surface area contributed by atoms with Gasteiger partial charge in [-0.2, -0.15) is 5.26 Å². The lowest BCUT2D eigenvalue weighted by Gasteiger charge is -2.31. The lowest BCUT2D eigenvalue weighted by molar-refractivity contribution is -0.135. The van der Waals surface area contributed by atoms with Gasteiger partial charge in [-0.3, -0.25) is 4.79 Å². The Balaban J connectivity index is 1.82. The van der Waals surface area contributed by atoms with Crippen LogP contribution in [0.3, 0.4) is 0 Å². The van der Waals surface area contributed by atoms with Crippen molar-refractivity contribution in [2.24, 2.45) is 0 Å². The maximum absolute atomic E-state index is 13.2. The van der Waals surface area contributed by atoms with Gasteiger partial charge in [-0.15, -0.1) is 0 Å². The van der Waals surface area contributed by atoms with Crippen LogP contribution in [0.1, 0.15) is 43.4 Å². The number of ether oxygens (including phenoxy) is 1. The lowest BCUT2D eigenvalue weighted by Crippen LogP contribution is -2.51. The molecule has 0 heterocycles. The van der Waals surface area contributed by atoms with E-state index < -0.39 is 5.60 Å². The molecule has 1 amide bonds. The van der Waals surface area contributed by atoms with Crippen LogP contribution < -0.4 is 10.1 Å². The third-order valence-electron chi connectivity index (χ3n) is 5.49. The van der Waals surface area contributed by atoms with Crippen molar-refractivity contribution in [1.82, 2.24) is 5.32 Å². The van der Waals surface area contributed by atoms with Crippen LogP contribution in [0.5, 0.6) is 5.75 Å². The number of halogens is 2. The molecule has 3 aromatic rings. The summed E-state index contributed by atoms with van der Waals surface area (Å²) in [5, 5.41) is 13.7. The molecule has 0 spiro atoms. The van der Waals surface area contributed by atoms with Gasteiger partial charge >= 0.3 is 0 Å². The zero-order valence-corrected chi connectivity index (χ0v) is 20.3. The van der Waals surface area contributed by atoms with Crippen LogP contribution in [0, 0.1) is 11.3 Å². The van der Waals surface area contributed by atoms with Crippen molar-refractivity contribution < 1.29 is 9.53 Å². The number of nitriles is 1. The minimum Gasteiger partial charge on any atom is -0.478 e. The Morgan fingerprint density at radius 1 is 1.03 bits per heavy atom. The number of carbonyl (C=O) groups excluding carboxylic acids is 1. The van der Waals surface area contributed by atoms with Gasteiger partial charge in [-0.1, -0.05) is 53.5 Å². The number of amides is 1. The Morgan fingerprint density at radius 3 is 2.39 bits per heavy atom. The number of nitrogens with one attached hydrogen (secondary N) is 1. The number of nitrogens with zero attached hydrogens (tertiary/aromatic N) is 1. The van der Waals surface area contributed by atoms with E-state index in [1.807, 2.05) is 49.4 Å². The van der Waals surface area contributed by atoms with Gasteiger partial charge in [0.15, 0.2) is 5.60 Å². The standard InChI is InChI=1S/C27H26Cl2N2O2/c1-18(31-26(32)27(2,3)33-24-9-5-8-23(29)16-24)25(15-19-10-12-22(28)13-11-19)21-7-4-6-20(14-21)17-30/h4-14,16,18,25H,15H2,1-3H3,(H,31,32)/t18-,25+/m0/s1. The third kappa shape index (κ3) is 6.74. The van der Waals surface area contributed by atoms with E-state index in [9.17, 15) is 10.1 Å². The van der Waals surface area contributed by atoms with E-state index in [0.717, 1.165) is 11.1 Å². The fourth-order valence-electron chi connectivity index (χ4n) is 3.65. The molecule has 2 atom stereocenters. The van der Waals surface area contributed by atoms with Crippen LogP contribution >= 0.6 is 23.2 Å². The second-order valence-electron chi connectivity index (χ2n) is 8.51. The smallest absolute Gasteiger partial charge is 0.263 e. The van der Waals surface area contributed by atoms with Crippen molar-refractivity contribution >= 4 is 29.1 Å². The largest absolute Gasteiger partial charge is 0.478 e. The van der Waals surface area contributed by atoms with Crippen LogP contribution in [-0.2, 0) is 11.2 Å². The molecule has 0 aromatic heterocycles. The van der Waals surface area contributed by atoms with Gasteiger partial charge in [-0.25, -0.2) is 0 Å². The lowest BCUT2D eigenvalue weighted by atomic mass is 9.85. The van der Waals surface area contributed by atoms with Gasteiger partial charge in [0.05, 0.1) is 11.6 Å². The fourth-order valence-corrected chi connectivity index (χ4v) is 3.96. The molecule has 3 rings (SSSR count). The molecule has 0 bridgehead atoms. The van der Waals surface area contributed by atoms with E-state index in [1.165, 1.54) is 0 Å². The summed E-state index contributed by atoms with van der Waals surface area (Å²) >= 11 is 12.1. The van der Waals surface area contributed by atoms with Crippen molar-refractivity contribution in [1.29, 1.82) is 5.26 Å². The topological polar surface area (TPSA) is 62.1 Å². The molecule has 0 saturated carbocycles. The second-order valence-corrected chi connectivity index (χ2v) is 9.38. The van der Waals surface area contributed by atoms with E-state index in [1.54, 1.807) is 44.2 Å². The highest BCUT2D eigenvalue weighted by atomic mass is 35.5. The summed E-state index contributed by atoms with van der Waals surface area (Å²) in [7, 11) is 0. The summed E-state index contributed by atoms with van der Waals surface area (Å²) in [5.41, 5.74) is 1.53. The number of rotatable bonds is 8. The first-order valence-electron chi connectivity index (χ1n) is 10.7. The van der Waals surface area contributed by atoms with E-state index in [-0.39, 0.29) is 17.9 Å². The maximum atomic E-state index is 13.2. The molecule has 170 valence electrons. The minimum absolute atomic E-state index is 0.0644. The van der Waals surface area contributed by atoms with Crippen LogP contribution in [0.25, 0.3) is 0 Å². The van der Waals surface area contributed by atoms with E-state index in [2.05, 4.69) is 11.4 Å². The molecule has 0 saturated heterocycles. The zero-order valence-electron chi connectivity index (χ0n) is 18.8. The summed E-state index contributed by atoms with van der Waals surface area (Å²) in [6, 6.07) is 24.1. The van der Waals surface area contributed by atoms with Gasteiger partial charge < -0.3 is 10.1 Å². The Bertz CT molecular complexity index is 1150. The summed E-state index contributed by atoms with van der Waals surface area (Å²) in [4.78, 5) is 13.2. The van der Waals surface area contributed by atoms with Crippen molar-refractivity contribution in [3.8, 4) is 11.8 Å². The zero-order chi connectivity index (χ0) is 24.0. The Kier molecular flexibility index (Phi) is 8.02. The molecule has 0 aliphatic heterocycles. The Hall–Kier alpha value is -3.00. The van der Waals surface area contributed by atoms with Gasteiger partial charge in [0, 0.05) is 22.0 Å². The fraction of sp³-hybridized carbons (Fsp3) is 0.259. The van der Waals surface area contributed by atoms with E-state index in [0.29, 0.717) is 27.8 Å². The molecule has 0 aliphatic rings. The molecule has 0 aliphatic carbocycles. The molecular weight excluding hydrogens is 455 g/mol. The molecule has 3 aromatic carbocycles. The van der Waals surface area contributed by atoms with E-state index in [4.69, 9.17) is 27.9 Å². The summed E-state index contributed by atoms with van der Waals surface area (Å²) < 4.78 is 5.94. The van der Waals surface area contributed by atoms with Crippen molar-refractivity contribution in [3.05, 3.63) is 99.5 Å². The molecule has 0 unspecified atom stereocenters. The van der Waals surface area contributed by atoms with Crippen molar-refractivity contribution in [2.45, 2.75) is 44.8 Å². The van der Waals surface area contributed by atoms with Gasteiger partial charge in [0.1, 0.15) is 5.75 Å². The molecule has 33 heavy (non-hydrogen) atoms. The molecule has 6 heteroatoms. The molecule has 0 fully saturated rings. The average molecular weight is 481 g/mol. The molecule has 4 nitrogen and oxygen atoms in total. The van der Waals surface area contributed by atoms with Gasteiger partial charge in [0.25, 0.3) is 5.91 Å². The highest BCUT2D eigenvalue weighted by Crippen LogP contribution is 2.28. The molecular formula is C27H26Cl2N2O2. The third-order valence-corrected chi connectivity index (χ3v) is 5.98. The Labute approximate surface area is 205 Å². The van der Waals surface area contributed by atoms with Crippen LogP contribution in [0.2, 0.25) is 10.0 Å². The highest BCUT2D eigenvalue weighted by molar-refractivity contribution is 6.30. The SMILES string of the molecule is C[C@H](NC(=O)C(C)(C)Oc1cccc(Cl)c1)[C@@H](Cc1ccc(Cl)cc1)c1cccc(C#N)c1. The maximum Gasteiger partial charge on any atom is 0.263 e. The summed E-state index contributed by atoms with van der Waals surface area (Å²) in [6.45, 7) is 5.41. The first-order valence-corrected chi connectivity index (χ1v) is 11.4. The van der Waals surface area contributed by atoms with Crippen LogP contribution in [-0.4, -0.2) is 17.6 Å².